The molecule has 0 radical (unpaired) electrons. The van der Waals surface area contributed by atoms with Crippen molar-refractivity contribution >= 4 is 37.3 Å². The number of rotatable bonds is 2. The van der Waals surface area contributed by atoms with Crippen LogP contribution in [0, 0.1) is 6.92 Å². The smallest absolute Gasteiger partial charge is 0.244 e. The van der Waals surface area contributed by atoms with Gasteiger partial charge in [-0.2, -0.15) is 4.31 Å². The number of hydrogen-bond donors (Lipinski definition) is 0. The highest BCUT2D eigenvalue weighted by atomic mass is 79.9. The van der Waals surface area contributed by atoms with Gasteiger partial charge in [0.1, 0.15) is 12.2 Å². The van der Waals surface area contributed by atoms with E-state index in [2.05, 4.69) is 26.1 Å². The van der Waals surface area contributed by atoms with Crippen molar-refractivity contribution in [3.63, 3.8) is 0 Å². The van der Waals surface area contributed by atoms with E-state index in [0.717, 1.165) is 8.66 Å². The van der Waals surface area contributed by atoms with Gasteiger partial charge in [-0.1, -0.05) is 0 Å². The summed E-state index contributed by atoms with van der Waals surface area (Å²) < 4.78 is 29.4. The molecule has 0 bridgehead atoms. The van der Waals surface area contributed by atoms with Crippen LogP contribution in [0.1, 0.15) is 10.7 Å². The third-order valence-corrected chi connectivity index (χ3v) is 6.72. The van der Waals surface area contributed by atoms with Gasteiger partial charge >= 0.3 is 0 Å². The van der Waals surface area contributed by atoms with Gasteiger partial charge in [0.25, 0.3) is 0 Å². The maximum Gasteiger partial charge on any atom is 0.244 e. The largest absolute Gasteiger partial charge is 0.315 e. The van der Waals surface area contributed by atoms with E-state index in [0.29, 0.717) is 23.8 Å². The zero-order chi connectivity index (χ0) is 13.6. The molecule has 1 aliphatic rings. The SMILES string of the molecule is Cc1sc(Br)cc1S(=O)(=O)N1CCn2cnnc2C1. The normalized spacial score (nSPS) is 16.5. The lowest BCUT2D eigenvalue weighted by molar-refractivity contribution is 0.335. The number of aromatic nitrogens is 3. The Morgan fingerprint density at radius 3 is 2.89 bits per heavy atom. The minimum atomic E-state index is -3.46. The first-order valence-corrected chi connectivity index (χ1v) is 8.66. The predicted octanol–water partition coefficient (Wildman–Crippen LogP) is 1.62. The van der Waals surface area contributed by atoms with Crippen LogP contribution in [0.5, 0.6) is 0 Å². The summed E-state index contributed by atoms with van der Waals surface area (Å²) >= 11 is 4.75. The molecule has 0 aliphatic carbocycles. The first-order chi connectivity index (χ1) is 8.98. The molecule has 0 spiro atoms. The molecule has 19 heavy (non-hydrogen) atoms. The van der Waals surface area contributed by atoms with Crippen molar-refractivity contribution in [2.75, 3.05) is 6.54 Å². The minimum absolute atomic E-state index is 0.273. The molecule has 0 atom stereocenters. The van der Waals surface area contributed by atoms with Crippen molar-refractivity contribution < 1.29 is 8.42 Å². The third kappa shape index (κ3) is 2.24. The van der Waals surface area contributed by atoms with Crippen LogP contribution >= 0.6 is 27.3 Å². The average molecular weight is 363 g/mol. The molecular formula is C10H11BrN4O2S2. The second-order valence-electron chi connectivity index (χ2n) is 4.25. The summed E-state index contributed by atoms with van der Waals surface area (Å²) in [7, 11) is -3.46. The summed E-state index contributed by atoms with van der Waals surface area (Å²) in [5, 5.41) is 7.74. The molecule has 0 saturated heterocycles. The fraction of sp³-hybridized carbons (Fsp3) is 0.400. The van der Waals surface area contributed by atoms with Gasteiger partial charge in [-0.25, -0.2) is 8.42 Å². The van der Waals surface area contributed by atoms with E-state index in [1.54, 1.807) is 12.4 Å². The van der Waals surface area contributed by atoms with Crippen LogP contribution in [0.2, 0.25) is 0 Å². The Morgan fingerprint density at radius 2 is 2.21 bits per heavy atom. The lowest BCUT2D eigenvalue weighted by atomic mass is 10.4. The Kier molecular flexibility index (Phi) is 3.24. The molecule has 0 saturated carbocycles. The molecule has 0 fully saturated rings. The number of fused-ring (bicyclic) bond motifs is 1. The van der Waals surface area contributed by atoms with E-state index in [1.165, 1.54) is 15.6 Å². The summed E-state index contributed by atoms with van der Waals surface area (Å²) in [6.07, 6.45) is 1.63. The van der Waals surface area contributed by atoms with E-state index in [-0.39, 0.29) is 6.54 Å². The van der Waals surface area contributed by atoms with Crippen molar-refractivity contribution in [3.8, 4) is 0 Å². The number of hydrogen-bond acceptors (Lipinski definition) is 5. The van der Waals surface area contributed by atoms with E-state index in [1.807, 2.05) is 11.5 Å². The van der Waals surface area contributed by atoms with Crippen molar-refractivity contribution in [1.82, 2.24) is 19.1 Å². The molecule has 102 valence electrons. The molecule has 0 amide bonds. The Balaban J connectivity index is 1.96. The van der Waals surface area contributed by atoms with Crippen LogP contribution in [0.25, 0.3) is 0 Å². The molecular weight excluding hydrogens is 352 g/mol. The van der Waals surface area contributed by atoms with Crippen molar-refractivity contribution in [2.24, 2.45) is 0 Å². The molecule has 9 heteroatoms. The number of thiophene rings is 1. The van der Waals surface area contributed by atoms with Crippen LogP contribution in [0.4, 0.5) is 0 Å². The average Bonchev–Trinajstić information content (AvgIpc) is 2.94. The highest BCUT2D eigenvalue weighted by Gasteiger charge is 2.31. The summed E-state index contributed by atoms with van der Waals surface area (Å²) in [5.41, 5.74) is 0. The van der Waals surface area contributed by atoms with Crippen LogP contribution in [0.3, 0.4) is 0 Å². The highest BCUT2D eigenvalue weighted by Crippen LogP contribution is 2.32. The predicted molar refractivity (Wildman–Crippen MR) is 74.4 cm³/mol. The molecule has 0 unspecified atom stereocenters. The van der Waals surface area contributed by atoms with Crippen molar-refractivity contribution in [1.29, 1.82) is 0 Å². The Bertz CT molecular complexity index is 722. The van der Waals surface area contributed by atoms with E-state index in [4.69, 9.17) is 0 Å². The topological polar surface area (TPSA) is 68.1 Å². The van der Waals surface area contributed by atoms with Gasteiger partial charge in [-0.15, -0.1) is 21.5 Å². The lowest BCUT2D eigenvalue weighted by Crippen LogP contribution is -2.38. The van der Waals surface area contributed by atoms with Crippen LogP contribution in [-0.2, 0) is 23.1 Å². The molecule has 6 nitrogen and oxygen atoms in total. The maximum atomic E-state index is 12.6. The quantitative estimate of drug-likeness (QED) is 0.813. The van der Waals surface area contributed by atoms with Crippen molar-refractivity contribution in [2.45, 2.75) is 24.9 Å². The number of aryl methyl sites for hydroxylation is 1. The van der Waals surface area contributed by atoms with Gasteiger partial charge in [0.05, 0.1) is 15.2 Å². The van der Waals surface area contributed by atoms with E-state index in [9.17, 15) is 8.42 Å². The van der Waals surface area contributed by atoms with Gasteiger partial charge in [0.2, 0.25) is 10.0 Å². The Hall–Kier alpha value is -0.770. The third-order valence-electron chi connectivity index (χ3n) is 3.06. The fourth-order valence-electron chi connectivity index (χ4n) is 2.08. The summed E-state index contributed by atoms with van der Waals surface area (Å²) in [5.74, 6) is 0.682. The summed E-state index contributed by atoms with van der Waals surface area (Å²) in [6, 6.07) is 1.66. The van der Waals surface area contributed by atoms with Gasteiger partial charge in [0, 0.05) is 18.0 Å². The second-order valence-corrected chi connectivity index (χ2v) is 8.79. The number of sulfonamides is 1. The fourth-order valence-corrected chi connectivity index (χ4v) is 5.84. The highest BCUT2D eigenvalue weighted by molar-refractivity contribution is 9.11. The first kappa shape index (κ1) is 13.2. The molecule has 2 aromatic rings. The lowest BCUT2D eigenvalue weighted by Gasteiger charge is -2.26. The monoisotopic (exact) mass is 362 g/mol. The van der Waals surface area contributed by atoms with Gasteiger partial charge in [-0.05, 0) is 28.9 Å². The molecule has 3 heterocycles. The number of halogens is 1. The van der Waals surface area contributed by atoms with Crippen LogP contribution in [0.15, 0.2) is 21.1 Å². The Morgan fingerprint density at radius 1 is 1.42 bits per heavy atom. The number of nitrogens with zero attached hydrogens (tertiary/aromatic N) is 4. The second kappa shape index (κ2) is 4.65. The van der Waals surface area contributed by atoms with Gasteiger partial charge in [0.15, 0.2) is 0 Å². The molecule has 1 aliphatic heterocycles. The first-order valence-electron chi connectivity index (χ1n) is 5.61. The van der Waals surface area contributed by atoms with E-state index >= 15 is 0 Å². The standard InChI is InChI=1S/C10H11BrN4O2S2/c1-7-8(4-9(11)18-7)19(16,17)15-3-2-14-6-12-13-10(14)5-15/h4,6H,2-3,5H2,1H3. The molecule has 3 rings (SSSR count). The van der Waals surface area contributed by atoms with Gasteiger partial charge in [-0.3, -0.25) is 0 Å². The zero-order valence-corrected chi connectivity index (χ0v) is 13.3. The van der Waals surface area contributed by atoms with Crippen molar-refractivity contribution in [3.05, 3.63) is 26.9 Å². The van der Waals surface area contributed by atoms with Crippen LogP contribution < -0.4 is 0 Å². The van der Waals surface area contributed by atoms with E-state index < -0.39 is 10.0 Å². The minimum Gasteiger partial charge on any atom is -0.315 e. The molecule has 0 N–H and O–H groups in total. The summed E-state index contributed by atoms with van der Waals surface area (Å²) in [6.45, 7) is 3.12. The Labute approximate surface area is 123 Å². The zero-order valence-electron chi connectivity index (χ0n) is 10.1. The maximum absolute atomic E-state index is 12.6. The summed E-state index contributed by atoms with van der Waals surface area (Å²) in [4.78, 5) is 1.16. The van der Waals surface area contributed by atoms with Gasteiger partial charge < -0.3 is 4.57 Å². The molecule has 0 aromatic carbocycles. The van der Waals surface area contributed by atoms with Crippen LogP contribution in [-0.4, -0.2) is 34.0 Å². The molecule has 2 aromatic heterocycles.